The molecule has 2 aromatic heterocycles. The van der Waals surface area contributed by atoms with Crippen LogP contribution in [-0.2, 0) is 19.5 Å². The monoisotopic (exact) mass is 359 g/mol. The molecule has 2 rings (SSSR count). The van der Waals surface area contributed by atoms with E-state index >= 15 is 0 Å². The van der Waals surface area contributed by atoms with Gasteiger partial charge in [0.15, 0.2) is 5.96 Å². The second-order valence-electron chi connectivity index (χ2n) is 5.82. The van der Waals surface area contributed by atoms with Crippen molar-refractivity contribution in [2.24, 2.45) is 4.99 Å². The summed E-state index contributed by atoms with van der Waals surface area (Å²) >= 11 is 0. The quantitative estimate of drug-likeness (QED) is 0.382. The highest BCUT2D eigenvalue weighted by molar-refractivity contribution is 5.79. The lowest BCUT2D eigenvalue weighted by molar-refractivity contribution is 0.294. The fourth-order valence-electron chi connectivity index (χ4n) is 2.44. The highest BCUT2D eigenvalue weighted by Gasteiger charge is 2.06. The first-order valence-electron chi connectivity index (χ1n) is 9.16. The number of hydrogen-bond donors (Lipinski definition) is 2. The van der Waals surface area contributed by atoms with Crippen LogP contribution < -0.4 is 15.4 Å². The van der Waals surface area contributed by atoms with Gasteiger partial charge >= 0.3 is 0 Å². The van der Waals surface area contributed by atoms with Crippen molar-refractivity contribution in [2.75, 3.05) is 20.2 Å². The summed E-state index contributed by atoms with van der Waals surface area (Å²) in [4.78, 5) is 8.59. The van der Waals surface area contributed by atoms with E-state index in [0.717, 1.165) is 49.7 Å². The summed E-state index contributed by atoms with van der Waals surface area (Å²) in [7, 11) is 1.76. The van der Waals surface area contributed by atoms with Gasteiger partial charge in [-0.15, -0.1) is 10.2 Å². The molecule has 0 saturated heterocycles. The molecule has 8 heteroatoms. The number of nitrogens with one attached hydrogen (secondary N) is 2. The average molecular weight is 359 g/mol. The molecular weight excluding hydrogens is 330 g/mol. The maximum absolute atomic E-state index is 5.77. The van der Waals surface area contributed by atoms with Crippen molar-refractivity contribution in [1.29, 1.82) is 0 Å². The molecule has 0 aliphatic rings. The number of unbranched alkanes of at least 4 members (excludes halogenated alkanes) is 1. The highest BCUT2D eigenvalue weighted by Crippen LogP contribution is 2.14. The molecule has 0 atom stereocenters. The minimum absolute atomic E-state index is 0.599. The van der Waals surface area contributed by atoms with Gasteiger partial charge in [0.2, 0.25) is 5.88 Å². The minimum atomic E-state index is 0.599. The van der Waals surface area contributed by atoms with Gasteiger partial charge in [-0.05, 0) is 12.5 Å². The van der Waals surface area contributed by atoms with Crippen LogP contribution in [0.4, 0.5) is 0 Å². The van der Waals surface area contributed by atoms with E-state index < -0.39 is 0 Å². The van der Waals surface area contributed by atoms with E-state index in [1.165, 1.54) is 0 Å². The number of ether oxygens (including phenoxy) is 1. The van der Waals surface area contributed by atoms with Crippen LogP contribution in [0.1, 0.15) is 38.1 Å². The molecule has 2 N–H and O–H groups in total. The number of hydrogen-bond acceptors (Lipinski definition) is 5. The molecule has 142 valence electrons. The smallest absolute Gasteiger partial charge is 0.218 e. The third-order valence-electron chi connectivity index (χ3n) is 3.91. The summed E-state index contributed by atoms with van der Waals surface area (Å²) in [5.74, 6) is 2.40. The molecule has 2 aromatic rings. The first kappa shape index (κ1) is 19.7. The molecular formula is C18H29N7O. The van der Waals surface area contributed by atoms with Crippen molar-refractivity contribution in [1.82, 2.24) is 30.4 Å². The molecule has 26 heavy (non-hydrogen) atoms. The lowest BCUT2D eigenvalue weighted by Gasteiger charge is -2.14. The fourth-order valence-corrected chi connectivity index (χ4v) is 2.44. The van der Waals surface area contributed by atoms with E-state index in [9.17, 15) is 0 Å². The zero-order valence-electron chi connectivity index (χ0n) is 15.9. The molecule has 0 aliphatic carbocycles. The van der Waals surface area contributed by atoms with Crippen LogP contribution in [-0.4, -0.2) is 45.9 Å². The van der Waals surface area contributed by atoms with E-state index in [2.05, 4.69) is 44.7 Å². The van der Waals surface area contributed by atoms with Crippen LogP contribution in [0.2, 0.25) is 0 Å². The Labute approximate surface area is 155 Å². The second kappa shape index (κ2) is 11.1. The van der Waals surface area contributed by atoms with Gasteiger partial charge in [0, 0.05) is 44.9 Å². The van der Waals surface area contributed by atoms with Gasteiger partial charge in [-0.2, -0.15) is 0 Å². The third kappa shape index (κ3) is 6.02. The number of aromatic nitrogens is 4. The summed E-state index contributed by atoms with van der Waals surface area (Å²) < 4.78 is 7.81. The van der Waals surface area contributed by atoms with Gasteiger partial charge in [0.05, 0.1) is 6.61 Å². The number of guanidine groups is 1. The van der Waals surface area contributed by atoms with Crippen molar-refractivity contribution >= 4 is 5.96 Å². The van der Waals surface area contributed by atoms with Crippen molar-refractivity contribution in [2.45, 2.75) is 46.2 Å². The molecule has 0 aliphatic heterocycles. The largest absolute Gasteiger partial charge is 0.477 e. The maximum atomic E-state index is 5.77. The fraction of sp³-hybridized carbons (Fsp3) is 0.556. The van der Waals surface area contributed by atoms with E-state index in [1.54, 1.807) is 19.6 Å². The third-order valence-corrected chi connectivity index (χ3v) is 3.91. The number of rotatable bonds is 10. The highest BCUT2D eigenvalue weighted by atomic mass is 16.5. The van der Waals surface area contributed by atoms with E-state index in [0.29, 0.717) is 19.0 Å². The topological polar surface area (TPSA) is 89.2 Å². The molecule has 0 aromatic carbocycles. The SMILES string of the molecule is CCCCOc1ncccc1CNC(=NC)NCCn1cnnc1CC. The maximum Gasteiger partial charge on any atom is 0.218 e. The molecule has 0 amide bonds. The van der Waals surface area contributed by atoms with Crippen LogP contribution in [0.5, 0.6) is 5.88 Å². The molecule has 0 bridgehead atoms. The first-order chi connectivity index (χ1) is 12.8. The van der Waals surface area contributed by atoms with Crippen molar-refractivity contribution in [3.05, 3.63) is 36.0 Å². The van der Waals surface area contributed by atoms with Crippen molar-refractivity contribution < 1.29 is 4.74 Å². The molecule has 0 unspecified atom stereocenters. The van der Waals surface area contributed by atoms with E-state index in [1.807, 2.05) is 16.7 Å². The molecule has 0 fully saturated rings. The van der Waals surface area contributed by atoms with Crippen LogP contribution in [0.25, 0.3) is 0 Å². The predicted octanol–water partition coefficient (Wildman–Crippen LogP) is 1.78. The Kier molecular flexibility index (Phi) is 8.38. The Balaban J connectivity index is 1.81. The Hall–Kier alpha value is -2.64. The van der Waals surface area contributed by atoms with Gasteiger partial charge in [-0.1, -0.05) is 26.3 Å². The van der Waals surface area contributed by atoms with Crippen LogP contribution in [0, 0.1) is 0 Å². The Morgan fingerprint density at radius 1 is 1.31 bits per heavy atom. The predicted molar refractivity (Wildman–Crippen MR) is 102 cm³/mol. The summed E-state index contributed by atoms with van der Waals surface area (Å²) in [5.41, 5.74) is 1.01. The zero-order chi connectivity index (χ0) is 18.6. The van der Waals surface area contributed by atoms with Gasteiger partial charge in [-0.25, -0.2) is 4.98 Å². The minimum Gasteiger partial charge on any atom is -0.477 e. The number of aliphatic imine (C=N–C) groups is 1. The van der Waals surface area contributed by atoms with Crippen LogP contribution >= 0.6 is 0 Å². The van der Waals surface area contributed by atoms with Gasteiger partial charge < -0.3 is 19.9 Å². The summed E-state index contributed by atoms with van der Waals surface area (Å²) in [6, 6.07) is 3.93. The lowest BCUT2D eigenvalue weighted by atomic mass is 10.2. The van der Waals surface area contributed by atoms with Crippen molar-refractivity contribution in [3.63, 3.8) is 0 Å². The summed E-state index contributed by atoms with van der Waals surface area (Å²) in [6.45, 7) is 7.02. The van der Waals surface area contributed by atoms with Gasteiger partial charge in [-0.3, -0.25) is 4.99 Å². The molecule has 0 spiro atoms. The molecule has 0 radical (unpaired) electrons. The molecule has 0 saturated carbocycles. The molecule has 2 heterocycles. The summed E-state index contributed by atoms with van der Waals surface area (Å²) in [5, 5.41) is 14.6. The summed E-state index contributed by atoms with van der Waals surface area (Å²) in [6.07, 6.45) is 6.50. The average Bonchev–Trinajstić information content (AvgIpc) is 3.13. The lowest BCUT2D eigenvalue weighted by Crippen LogP contribution is -2.38. The molecule has 8 nitrogen and oxygen atoms in total. The van der Waals surface area contributed by atoms with Gasteiger partial charge in [0.25, 0.3) is 0 Å². The Bertz CT molecular complexity index is 684. The first-order valence-corrected chi connectivity index (χ1v) is 9.16. The van der Waals surface area contributed by atoms with Crippen molar-refractivity contribution in [3.8, 4) is 5.88 Å². The van der Waals surface area contributed by atoms with E-state index in [-0.39, 0.29) is 0 Å². The Morgan fingerprint density at radius 2 is 2.19 bits per heavy atom. The number of aryl methyl sites for hydroxylation is 1. The van der Waals surface area contributed by atoms with Crippen LogP contribution in [0.3, 0.4) is 0 Å². The van der Waals surface area contributed by atoms with Gasteiger partial charge in [0.1, 0.15) is 12.2 Å². The van der Waals surface area contributed by atoms with E-state index in [4.69, 9.17) is 4.74 Å². The Morgan fingerprint density at radius 3 is 2.96 bits per heavy atom. The number of nitrogens with zero attached hydrogens (tertiary/aromatic N) is 5. The normalized spacial score (nSPS) is 11.4. The standard InChI is InChI=1S/C18H29N7O/c1-4-6-12-26-17-15(8-7-9-20-17)13-22-18(19-3)21-10-11-25-14-23-24-16(25)5-2/h7-9,14H,4-6,10-13H2,1-3H3,(H2,19,21,22). The second-order valence-corrected chi connectivity index (χ2v) is 5.82. The van der Waals surface area contributed by atoms with Crippen LogP contribution in [0.15, 0.2) is 29.6 Å². The number of pyridine rings is 1. The zero-order valence-corrected chi connectivity index (χ0v) is 15.9.